The maximum Gasteiger partial charge on any atom is 0.134 e. The molecule has 0 amide bonds. The number of nitrogens with zero attached hydrogens (tertiary/aromatic N) is 1. The van der Waals surface area contributed by atoms with Gasteiger partial charge in [0.1, 0.15) is 10.8 Å². The topological polar surface area (TPSA) is 38.9 Å². The molecule has 0 aliphatic heterocycles. The third-order valence-electron chi connectivity index (χ3n) is 2.87. The lowest BCUT2D eigenvalue weighted by Crippen LogP contribution is -1.85. The SMILES string of the molecule is Nc1ccc(-c2csc(-c3ccc(Cl)cc3F)n2)cc1. The first-order valence-electron chi connectivity index (χ1n) is 5.90. The molecule has 0 aliphatic rings. The van der Waals surface area contributed by atoms with Gasteiger partial charge in [-0.3, -0.25) is 0 Å². The second-order valence-electron chi connectivity index (χ2n) is 4.28. The minimum absolute atomic E-state index is 0.365. The first-order chi connectivity index (χ1) is 9.63. The molecule has 0 saturated heterocycles. The van der Waals surface area contributed by atoms with E-state index in [0.29, 0.717) is 21.3 Å². The second-order valence-corrected chi connectivity index (χ2v) is 5.58. The molecule has 1 heterocycles. The molecule has 100 valence electrons. The summed E-state index contributed by atoms with van der Waals surface area (Å²) in [6, 6.07) is 12.0. The van der Waals surface area contributed by atoms with E-state index in [0.717, 1.165) is 11.3 Å². The molecule has 5 heteroatoms. The molecular weight excluding hydrogens is 295 g/mol. The van der Waals surface area contributed by atoms with Crippen LogP contribution < -0.4 is 5.73 Å². The van der Waals surface area contributed by atoms with Crippen LogP contribution in [-0.4, -0.2) is 4.98 Å². The zero-order valence-electron chi connectivity index (χ0n) is 10.3. The van der Waals surface area contributed by atoms with E-state index in [2.05, 4.69) is 4.98 Å². The molecule has 1 aromatic heterocycles. The van der Waals surface area contributed by atoms with Crippen molar-refractivity contribution in [1.29, 1.82) is 0 Å². The fourth-order valence-electron chi connectivity index (χ4n) is 1.85. The van der Waals surface area contributed by atoms with Gasteiger partial charge in [-0.2, -0.15) is 0 Å². The van der Waals surface area contributed by atoms with Crippen LogP contribution in [0, 0.1) is 5.82 Å². The van der Waals surface area contributed by atoms with Gasteiger partial charge in [0, 0.05) is 27.2 Å². The highest BCUT2D eigenvalue weighted by Crippen LogP contribution is 2.31. The van der Waals surface area contributed by atoms with Gasteiger partial charge in [-0.1, -0.05) is 23.7 Å². The number of rotatable bonds is 2. The smallest absolute Gasteiger partial charge is 0.134 e. The van der Waals surface area contributed by atoms with E-state index in [1.165, 1.54) is 17.4 Å². The zero-order valence-corrected chi connectivity index (χ0v) is 11.9. The number of halogens is 2. The van der Waals surface area contributed by atoms with Crippen LogP contribution in [-0.2, 0) is 0 Å². The Labute approximate surface area is 124 Å². The Morgan fingerprint density at radius 3 is 2.55 bits per heavy atom. The van der Waals surface area contributed by atoms with E-state index in [4.69, 9.17) is 17.3 Å². The number of benzene rings is 2. The first-order valence-corrected chi connectivity index (χ1v) is 7.16. The maximum absolute atomic E-state index is 13.9. The van der Waals surface area contributed by atoms with Gasteiger partial charge in [0.15, 0.2) is 0 Å². The number of anilines is 1. The lowest BCUT2D eigenvalue weighted by atomic mass is 10.1. The summed E-state index contributed by atoms with van der Waals surface area (Å²) in [5.74, 6) is -0.365. The van der Waals surface area contributed by atoms with Crippen LogP contribution in [0.3, 0.4) is 0 Å². The average Bonchev–Trinajstić information content (AvgIpc) is 2.89. The van der Waals surface area contributed by atoms with Crippen LogP contribution in [0.2, 0.25) is 5.02 Å². The van der Waals surface area contributed by atoms with Crippen LogP contribution in [0.25, 0.3) is 21.8 Å². The van der Waals surface area contributed by atoms with Gasteiger partial charge in [0.05, 0.1) is 5.69 Å². The van der Waals surface area contributed by atoms with Gasteiger partial charge in [-0.25, -0.2) is 9.37 Å². The van der Waals surface area contributed by atoms with Crippen molar-refractivity contribution in [3.63, 3.8) is 0 Å². The third kappa shape index (κ3) is 2.53. The van der Waals surface area contributed by atoms with Crippen molar-refractivity contribution in [2.75, 3.05) is 5.73 Å². The van der Waals surface area contributed by atoms with Gasteiger partial charge in [-0.15, -0.1) is 11.3 Å². The Morgan fingerprint density at radius 2 is 1.85 bits per heavy atom. The standard InChI is InChI=1S/C15H10ClFN2S/c16-10-3-6-12(13(17)7-10)15-19-14(8-20-15)9-1-4-11(18)5-2-9/h1-8H,18H2. The Hall–Kier alpha value is -1.91. The number of hydrogen-bond acceptors (Lipinski definition) is 3. The van der Waals surface area contributed by atoms with Crippen molar-refractivity contribution in [2.24, 2.45) is 0 Å². The van der Waals surface area contributed by atoms with E-state index in [-0.39, 0.29) is 5.82 Å². The second kappa shape index (κ2) is 5.23. The van der Waals surface area contributed by atoms with E-state index in [9.17, 15) is 4.39 Å². The third-order valence-corrected chi connectivity index (χ3v) is 3.98. The minimum Gasteiger partial charge on any atom is -0.399 e. The first kappa shape index (κ1) is 13.1. The van der Waals surface area contributed by atoms with E-state index in [1.54, 1.807) is 12.1 Å². The maximum atomic E-state index is 13.9. The summed E-state index contributed by atoms with van der Waals surface area (Å²) in [7, 11) is 0. The number of hydrogen-bond donors (Lipinski definition) is 1. The lowest BCUT2D eigenvalue weighted by Gasteiger charge is -2.00. The summed E-state index contributed by atoms with van der Waals surface area (Å²) >= 11 is 7.15. The molecule has 3 rings (SSSR count). The van der Waals surface area contributed by atoms with E-state index < -0.39 is 0 Å². The molecule has 0 spiro atoms. The predicted octanol–water partition coefficient (Wildman–Crippen LogP) is 4.85. The average molecular weight is 305 g/mol. The molecule has 0 aliphatic carbocycles. The summed E-state index contributed by atoms with van der Waals surface area (Å²) in [6.45, 7) is 0. The van der Waals surface area contributed by atoms with E-state index in [1.807, 2.05) is 29.6 Å². The van der Waals surface area contributed by atoms with Crippen LogP contribution >= 0.6 is 22.9 Å². The molecule has 2 aromatic carbocycles. The summed E-state index contributed by atoms with van der Waals surface area (Å²) < 4.78 is 13.9. The lowest BCUT2D eigenvalue weighted by molar-refractivity contribution is 0.631. The van der Waals surface area contributed by atoms with Crippen LogP contribution in [0.5, 0.6) is 0 Å². The fraction of sp³-hybridized carbons (Fsp3) is 0. The van der Waals surface area contributed by atoms with Crippen molar-refractivity contribution < 1.29 is 4.39 Å². The molecule has 0 radical (unpaired) electrons. The van der Waals surface area contributed by atoms with Gasteiger partial charge in [0.25, 0.3) is 0 Å². The summed E-state index contributed by atoms with van der Waals surface area (Å²) in [5, 5.41) is 2.90. The normalized spacial score (nSPS) is 10.7. The van der Waals surface area contributed by atoms with Gasteiger partial charge >= 0.3 is 0 Å². The highest BCUT2D eigenvalue weighted by molar-refractivity contribution is 7.13. The Balaban J connectivity index is 1.99. The van der Waals surface area contributed by atoms with Crippen molar-refractivity contribution in [1.82, 2.24) is 4.98 Å². The highest BCUT2D eigenvalue weighted by atomic mass is 35.5. The van der Waals surface area contributed by atoms with E-state index >= 15 is 0 Å². The van der Waals surface area contributed by atoms with Gasteiger partial charge in [-0.05, 0) is 30.3 Å². The molecule has 0 saturated carbocycles. The van der Waals surface area contributed by atoms with Crippen molar-refractivity contribution in [3.05, 3.63) is 58.7 Å². The van der Waals surface area contributed by atoms with Crippen LogP contribution in [0.4, 0.5) is 10.1 Å². The fourth-order valence-corrected chi connectivity index (χ4v) is 2.86. The Bertz CT molecular complexity index is 753. The quantitative estimate of drug-likeness (QED) is 0.687. The summed E-state index contributed by atoms with van der Waals surface area (Å²) in [5.41, 5.74) is 8.58. The molecule has 2 N–H and O–H groups in total. The monoisotopic (exact) mass is 304 g/mol. The molecule has 0 fully saturated rings. The van der Waals surface area contributed by atoms with Gasteiger partial charge < -0.3 is 5.73 Å². The highest BCUT2D eigenvalue weighted by Gasteiger charge is 2.11. The number of aromatic nitrogens is 1. The van der Waals surface area contributed by atoms with Crippen molar-refractivity contribution in [3.8, 4) is 21.8 Å². The minimum atomic E-state index is -0.365. The Kier molecular flexibility index (Phi) is 3.42. The predicted molar refractivity (Wildman–Crippen MR) is 82.4 cm³/mol. The Morgan fingerprint density at radius 1 is 1.10 bits per heavy atom. The summed E-state index contributed by atoms with van der Waals surface area (Å²) in [6.07, 6.45) is 0. The summed E-state index contributed by atoms with van der Waals surface area (Å²) in [4.78, 5) is 4.47. The van der Waals surface area contributed by atoms with Gasteiger partial charge in [0.2, 0.25) is 0 Å². The molecular formula is C15H10ClFN2S. The molecule has 0 bridgehead atoms. The number of nitrogen functional groups attached to an aromatic ring is 1. The van der Waals surface area contributed by atoms with Crippen molar-refractivity contribution in [2.45, 2.75) is 0 Å². The van der Waals surface area contributed by atoms with Crippen LogP contribution in [0.1, 0.15) is 0 Å². The molecule has 3 aromatic rings. The zero-order chi connectivity index (χ0) is 14.1. The molecule has 0 unspecified atom stereocenters. The van der Waals surface area contributed by atoms with Crippen molar-refractivity contribution >= 4 is 28.6 Å². The largest absolute Gasteiger partial charge is 0.399 e. The molecule has 20 heavy (non-hydrogen) atoms. The molecule has 2 nitrogen and oxygen atoms in total. The van der Waals surface area contributed by atoms with Crippen LogP contribution in [0.15, 0.2) is 47.8 Å². The number of nitrogens with two attached hydrogens (primary N) is 1. The molecule has 0 atom stereocenters. The number of thiazole rings is 1.